The Labute approximate surface area is 145 Å². The third-order valence-corrected chi connectivity index (χ3v) is 6.53. The van der Waals surface area contributed by atoms with Crippen molar-refractivity contribution in [2.45, 2.75) is 56.5 Å². The topological polar surface area (TPSA) is 15.7 Å². The van der Waals surface area contributed by atoms with E-state index in [2.05, 4.69) is 47.3 Å². The van der Waals surface area contributed by atoms with Crippen LogP contribution in [0.4, 0.5) is 0 Å². The van der Waals surface area contributed by atoms with Crippen LogP contribution in [0.2, 0.25) is 0 Å². The van der Waals surface area contributed by atoms with E-state index in [9.17, 15) is 0 Å². The van der Waals surface area contributed by atoms with Crippen molar-refractivity contribution in [3.8, 4) is 0 Å². The van der Waals surface area contributed by atoms with Crippen molar-refractivity contribution in [2.24, 2.45) is 0 Å². The lowest BCUT2D eigenvalue weighted by Gasteiger charge is -2.44. The van der Waals surface area contributed by atoms with Crippen molar-refractivity contribution in [1.29, 1.82) is 0 Å². The van der Waals surface area contributed by atoms with E-state index in [-0.39, 0.29) is 0 Å². The summed E-state index contributed by atoms with van der Waals surface area (Å²) in [5, 5.41) is 0. The van der Waals surface area contributed by atoms with Crippen molar-refractivity contribution in [2.75, 3.05) is 32.8 Å². The number of ether oxygens (including phenoxy) is 1. The summed E-state index contributed by atoms with van der Waals surface area (Å²) in [4.78, 5) is 4.04. The summed E-state index contributed by atoms with van der Waals surface area (Å²) in [7, 11) is 0. The summed E-state index contributed by atoms with van der Waals surface area (Å²) in [5.41, 5.74) is 1.83. The Balaban J connectivity index is 1.58. The molecule has 2 heterocycles. The van der Waals surface area contributed by atoms with E-state index >= 15 is 0 Å². The molecule has 0 spiro atoms. The van der Waals surface area contributed by atoms with Gasteiger partial charge >= 0.3 is 0 Å². The Morgan fingerprint density at radius 3 is 2.52 bits per heavy atom. The smallest absolute Gasteiger partial charge is 0.0603 e. The molecule has 0 bridgehead atoms. The second-order valence-electron chi connectivity index (χ2n) is 7.01. The van der Waals surface area contributed by atoms with E-state index in [4.69, 9.17) is 4.74 Å². The second kappa shape index (κ2) is 8.02. The number of likely N-dealkylation sites (tertiary alicyclic amines) is 1. The molecule has 2 fully saturated rings. The highest BCUT2D eigenvalue weighted by atomic mass is 32.2. The highest BCUT2D eigenvalue weighted by molar-refractivity contribution is 7.97. The average molecular weight is 335 g/mol. The van der Waals surface area contributed by atoms with Crippen LogP contribution < -0.4 is 0 Å². The molecule has 128 valence electrons. The summed E-state index contributed by atoms with van der Waals surface area (Å²) in [5.74, 6) is 0. The molecule has 1 aromatic rings. The van der Waals surface area contributed by atoms with Crippen molar-refractivity contribution in [3.05, 3.63) is 29.8 Å². The summed E-state index contributed by atoms with van der Waals surface area (Å²) in [6, 6.07) is 9.19. The number of nitrogens with zero attached hydrogens (tertiary/aromatic N) is 2. The molecule has 0 aliphatic carbocycles. The third kappa shape index (κ3) is 4.50. The summed E-state index contributed by atoms with van der Waals surface area (Å²) in [6.45, 7) is 10.9. The van der Waals surface area contributed by atoms with Gasteiger partial charge in [-0.25, -0.2) is 4.31 Å². The molecular weight excluding hydrogens is 304 g/mol. The second-order valence-corrected chi connectivity index (χ2v) is 8.18. The molecule has 3 nitrogen and oxygen atoms in total. The normalized spacial score (nSPS) is 27.2. The van der Waals surface area contributed by atoms with Crippen LogP contribution in [-0.2, 0) is 11.3 Å². The maximum absolute atomic E-state index is 5.41. The first-order chi connectivity index (χ1) is 11.2. The standard InChI is InChI=1S/C19H30N2OS/c1-3-19(2)10-4-5-11-20(19)16-17-6-8-18(9-7-17)23-21-12-14-22-15-13-21/h6-9H,3-5,10-16H2,1-2H3. The van der Waals surface area contributed by atoms with Crippen molar-refractivity contribution in [1.82, 2.24) is 9.21 Å². The fourth-order valence-corrected chi connectivity index (χ4v) is 4.46. The molecule has 23 heavy (non-hydrogen) atoms. The van der Waals surface area contributed by atoms with E-state index in [0.29, 0.717) is 5.54 Å². The van der Waals surface area contributed by atoms with Crippen LogP contribution in [0.5, 0.6) is 0 Å². The zero-order valence-corrected chi connectivity index (χ0v) is 15.4. The minimum atomic E-state index is 0.388. The monoisotopic (exact) mass is 334 g/mol. The fourth-order valence-electron chi connectivity index (χ4n) is 3.57. The lowest BCUT2D eigenvalue weighted by atomic mass is 9.86. The van der Waals surface area contributed by atoms with E-state index in [1.165, 1.54) is 42.7 Å². The highest BCUT2D eigenvalue weighted by Crippen LogP contribution is 2.32. The zero-order valence-electron chi connectivity index (χ0n) is 14.6. The van der Waals surface area contributed by atoms with Gasteiger partial charge in [-0.3, -0.25) is 4.90 Å². The van der Waals surface area contributed by atoms with Gasteiger partial charge in [0.25, 0.3) is 0 Å². The van der Waals surface area contributed by atoms with Gasteiger partial charge < -0.3 is 4.74 Å². The number of rotatable bonds is 5. The largest absolute Gasteiger partial charge is 0.379 e. The molecule has 2 aliphatic heterocycles. The number of hydrogen-bond donors (Lipinski definition) is 0. The Morgan fingerprint density at radius 1 is 1.09 bits per heavy atom. The zero-order chi connectivity index (χ0) is 16.1. The van der Waals surface area contributed by atoms with Crippen LogP contribution in [0.25, 0.3) is 0 Å². The third-order valence-electron chi connectivity index (χ3n) is 5.42. The van der Waals surface area contributed by atoms with Gasteiger partial charge in [0.05, 0.1) is 13.2 Å². The first kappa shape index (κ1) is 17.3. The van der Waals surface area contributed by atoms with Gasteiger partial charge in [-0.1, -0.05) is 25.5 Å². The highest BCUT2D eigenvalue weighted by Gasteiger charge is 2.32. The maximum atomic E-state index is 5.41. The molecule has 0 aromatic heterocycles. The molecule has 4 heteroatoms. The molecule has 0 radical (unpaired) electrons. The van der Waals surface area contributed by atoms with Crippen LogP contribution in [0.1, 0.15) is 45.1 Å². The van der Waals surface area contributed by atoms with Gasteiger partial charge in [0.1, 0.15) is 0 Å². The van der Waals surface area contributed by atoms with E-state index in [1.54, 1.807) is 0 Å². The predicted octanol–water partition coefficient (Wildman–Crippen LogP) is 4.18. The lowest BCUT2D eigenvalue weighted by Crippen LogP contribution is -2.48. The molecule has 2 aliphatic rings. The minimum Gasteiger partial charge on any atom is -0.379 e. The van der Waals surface area contributed by atoms with E-state index in [0.717, 1.165) is 32.8 Å². The number of morpholine rings is 1. The van der Waals surface area contributed by atoms with Crippen LogP contribution in [0, 0.1) is 0 Å². The van der Waals surface area contributed by atoms with Crippen LogP contribution in [0.15, 0.2) is 29.2 Å². The van der Waals surface area contributed by atoms with Crippen LogP contribution in [-0.4, -0.2) is 47.6 Å². The summed E-state index contributed by atoms with van der Waals surface area (Å²) in [6.07, 6.45) is 5.32. The van der Waals surface area contributed by atoms with E-state index < -0.39 is 0 Å². The fraction of sp³-hybridized carbons (Fsp3) is 0.684. The van der Waals surface area contributed by atoms with Crippen molar-refractivity contribution < 1.29 is 4.74 Å². The minimum absolute atomic E-state index is 0.388. The molecule has 0 saturated carbocycles. The SMILES string of the molecule is CCC1(C)CCCCN1Cc1ccc(SN2CCOCC2)cc1. The van der Waals surface area contributed by atoms with Crippen LogP contribution in [0.3, 0.4) is 0 Å². The Morgan fingerprint density at radius 2 is 1.83 bits per heavy atom. The van der Waals surface area contributed by atoms with E-state index in [1.807, 2.05) is 11.9 Å². The number of benzene rings is 1. The van der Waals surface area contributed by atoms with Gasteiger partial charge in [-0.05, 0) is 62.4 Å². The van der Waals surface area contributed by atoms with Gasteiger partial charge in [-0.2, -0.15) is 0 Å². The number of piperidine rings is 1. The number of hydrogen-bond acceptors (Lipinski definition) is 4. The summed E-state index contributed by atoms with van der Waals surface area (Å²) >= 11 is 1.86. The van der Waals surface area contributed by atoms with Gasteiger partial charge in [0.15, 0.2) is 0 Å². The Bertz CT molecular complexity index is 487. The molecule has 2 saturated heterocycles. The average Bonchev–Trinajstić information content (AvgIpc) is 2.60. The first-order valence-corrected chi connectivity index (χ1v) is 9.82. The quantitative estimate of drug-likeness (QED) is 0.750. The van der Waals surface area contributed by atoms with Gasteiger partial charge in [0, 0.05) is 30.1 Å². The van der Waals surface area contributed by atoms with Gasteiger partial charge in [-0.15, -0.1) is 0 Å². The lowest BCUT2D eigenvalue weighted by molar-refractivity contribution is 0.0504. The van der Waals surface area contributed by atoms with Crippen LogP contribution >= 0.6 is 11.9 Å². The molecular formula is C19H30N2OS. The first-order valence-electron chi connectivity index (χ1n) is 9.04. The Hall–Kier alpha value is -0.550. The maximum Gasteiger partial charge on any atom is 0.0603 e. The van der Waals surface area contributed by atoms with Gasteiger partial charge in [0.2, 0.25) is 0 Å². The molecule has 0 amide bonds. The van der Waals surface area contributed by atoms with Crippen molar-refractivity contribution in [3.63, 3.8) is 0 Å². The molecule has 1 aromatic carbocycles. The van der Waals surface area contributed by atoms with Crippen molar-refractivity contribution >= 4 is 11.9 Å². The Kier molecular flexibility index (Phi) is 6.02. The molecule has 1 atom stereocenters. The predicted molar refractivity (Wildman–Crippen MR) is 97.6 cm³/mol. The molecule has 0 N–H and O–H groups in total. The molecule has 3 rings (SSSR count). The molecule has 1 unspecified atom stereocenters. The summed E-state index contributed by atoms with van der Waals surface area (Å²) < 4.78 is 7.81.